The van der Waals surface area contributed by atoms with Crippen LogP contribution in [0.15, 0.2) is 48.7 Å². The molecule has 1 aliphatic heterocycles. The van der Waals surface area contributed by atoms with Gasteiger partial charge >= 0.3 is 0 Å². The molecule has 2 aromatic carbocycles. The molecule has 0 saturated heterocycles. The zero-order valence-corrected chi connectivity index (χ0v) is 21.9. The summed E-state index contributed by atoms with van der Waals surface area (Å²) in [4.78, 5) is 31.6. The van der Waals surface area contributed by atoms with E-state index in [4.69, 9.17) is 0 Å². The number of hydrogen-bond donors (Lipinski definition) is 2. The molecule has 2 amide bonds. The zero-order valence-electron chi connectivity index (χ0n) is 21.9. The highest BCUT2D eigenvalue weighted by Gasteiger charge is 2.28. The third-order valence-corrected chi connectivity index (χ3v) is 6.95. The third-order valence-electron chi connectivity index (χ3n) is 6.95. The van der Waals surface area contributed by atoms with E-state index in [-0.39, 0.29) is 17.9 Å². The van der Waals surface area contributed by atoms with Gasteiger partial charge in [-0.05, 0) is 61.9 Å². The third kappa shape index (κ3) is 5.28. The molecular weight excluding hydrogens is 464 g/mol. The van der Waals surface area contributed by atoms with Crippen LogP contribution in [0.2, 0.25) is 0 Å². The van der Waals surface area contributed by atoms with Gasteiger partial charge in [0.25, 0.3) is 11.8 Å². The minimum absolute atomic E-state index is 0.0126. The Morgan fingerprint density at radius 2 is 1.76 bits per heavy atom. The van der Waals surface area contributed by atoms with E-state index < -0.39 is 0 Å². The largest absolute Gasteiger partial charge is 0.361 e. The van der Waals surface area contributed by atoms with Crippen molar-refractivity contribution >= 4 is 22.7 Å². The maximum atomic E-state index is 13.3. The quantitative estimate of drug-likeness (QED) is 0.406. The molecule has 0 saturated carbocycles. The minimum Gasteiger partial charge on any atom is -0.361 e. The molecule has 0 radical (unpaired) electrons. The molecule has 8 heteroatoms. The number of nitrogens with one attached hydrogen (secondary N) is 2. The van der Waals surface area contributed by atoms with E-state index in [1.807, 2.05) is 61.3 Å². The van der Waals surface area contributed by atoms with Crippen LogP contribution in [-0.2, 0) is 13.0 Å². The van der Waals surface area contributed by atoms with Crippen molar-refractivity contribution < 1.29 is 9.59 Å². The van der Waals surface area contributed by atoms with Crippen LogP contribution in [-0.4, -0.2) is 49.6 Å². The summed E-state index contributed by atoms with van der Waals surface area (Å²) in [7, 11) is 0. The molecule has 37 heavy (non-hydrogen) atoms. The van der Waals surface area contributed by atoms with Gasteiger partial charge < -0.3 is 19.8 Å². The molecule has 4 aromatic rings. The summed E-state index contributed by atoms with van der Waals surface area (Å²) in [5.41, 5.74) is 4.39. The summed E-state index contributed by atoms with van der Waals surface area (Å²) >= 11 is 0. The fourth-order valence-corrected chi connectivity index (χ4v) is 5.22. The normalized spacial score (nSPS) is 14.5. The summed E-state index contributed by atoms with van der Waals surface area (Å²) < 4.78 is 2.09. The Bertz CT molecular complexity index is 1430. The van der Waals surface area contributed by atoms with E-state index in [1.165, 1.54) is 0 Å². The zero-order chi connectivity index (χ0) is 26.1. The van der Waals surface area contributed by atoms with Crippen molar-refractivity contribution in [2.24, 2.45) is 5.92 Å². The van der Waals surface area contributed by atoms with Gasteiger partial charge in [-0.15, -0.1) is 10.2 Å². The highest BCUT2D eigenvalue weighted by atomic mass is 16.2. The molecule has 2 N–H and O–H groups in total. The summed E-state index contributed by atoms with van der Waals surface area (Å²) in [5.74, 6) is 1.85. The van der Waals surface area contributed by atoms with Crippen LogP contribution in [0.5, 0.6) is 0 Å². The van der Waals surface area contributed by atoms with Gasteiger partial charge in [0.05, 0.1) is 6.04 Å². The predicted molar refractivity (Wildman–Crippen MR) is 144 cm³/mol. The topological polar surface area (TPSA) is 95.9 Å². The number of benzene rings is 2. The van der Waals surface area contributed by atoms with Crippen molar-refractivity contribution in [2.75, 3.05) is 13.1 Å². The molecular formula is C29H34N6O2. The van der Waals surface area contributed by atoms with E-state index in [2.05, 4.69) is 45.0 Å². The lowest BCUT2D eigenvalue weighted by Crippen LogP contribution is -2.34. The van der Waals surface area contributed by atoms with Crippen LogP contribution in [0.1, 0.15) is 69.8 Å². The van der Waals surface area contributed by atoms with Gasteiger partial charge in [-0.25, -0.2) is 0 Å². The Hall–Kier alpha value is -3.94. The number of aryl methyl sites for hydroxylation is 2. The molecule has 0 spiro atoms. The first-order valence-electron chi connectivity index (χ1n) is 13.0. The van der Waals surface area contributed by atoms with Crippen molar-refractivity contribution in [3.05, 3.63) is 82.6 Å². The summed E-state index contributed by atoms with van der Waals surface area (Å²) in [5, 5.41) is 13.3. The molecule has 192 valence electrons. The Kier molecular flexibility index (Phi) is 6.82. The SMILES string of the molecule is Cc1cc(C)cc(C(=O)N[C@H](CC(C)C)c2nnc3n2CCN(C(=O)c2ccc4cc[nH]c4c2)CC3)c1. The molecule has 0 fully saturated rings. The van der Waals surface area contributed by atoms with Gasteiger partial charge in [-0.2, -0.15) is 0 Å². The van der Waals surface area contributed by atoms with E-state index in [1.54, 1.807) is 0 Å². The Labute approximate surface area is 217 Å². The highest BCUT2D eigenvalue weighted by molar-refractivity contribution is 5.98. The van der Waals surface area contributed by atoms with Crippen LogP contribution in [0.4, 0.5) is 0 Å². The standard InChI is InChI=1S/C29H34N6O2/c1-18(2)13-25(31-28(36)23-15-19(3)14-20(4)16-23)27-33-32-26-8-10-34(11-12-35(26)27)29(37)22-6-5-21-7-9-30-24(21)17-22/h5-7,9,14-18,25,30H,8,10-13H2,1-4H3,(H,31,36)/t25-/m1/s1. The Morgan fingerprint density at radius 3 is 2.51 bits per heavy atom. The predicted octanol–water partition coefficient (Wildman–Crippen LogP) is 4.59. The van der Waals surface area contributed by atoms with Crippen molar-refractivity contribution in [1.82, 2.24) is 30.0 Å². The smallest absolute Gasteiger partial charge is 0.254 e. The lowest BCUT2D eigenvalue weighted by molar-refractivity contribution is 0.0758. The first-order valence-corrected chi connectivity index (χ1v) is 13.0. The number of carbonyl (C=O) groups excluding carboxylic acids is 2. The van der Waals surface area contributed by atoms with Crippen molar-refractivity contribution in [3.63, 3.8) is 0 Å². The molecule has 8 nitrogen and oxygen atoms in total. The van der Waals surface area contributed by atoms with Crippen LogP contribution in [0.3, 0.4) is 0 Å². The van der Waals surface area contributed by atoms with Gasteiger partial charge in [0.2, 0.25) is 0 Å². The van der Waals surface area contributed by atoms with E-state index in [9.17, 15) is 9.59 Å². The number of carbonyl (C=O) groups is 2. The van der Waals surface area contributed by atoms with E-state index in [0.29, 0.717) is 43.1 Å². The van der Waals surface area contributed by atoms with Crippen LogP contribution >= 0.6 is 0 Å². The number of amides is 2. The molecule has 0 unspecified atom stereocenters. The molecule has 1 atom stereocenters. The molecule has 0 bridgehead atoms. The maximum Gasteiger partial charge on any atom is 0.254 e. The molecule has 0 aliphatic carbocycles. The van der Waals surface area contributed by atoms with Crippen LogP contribution in [0.25, 0.3) is 10.9 Å². The Balaban J connectivity index is 1.35. The number of fused-ring (bicyclic) bond motifs is 2. The summed E-state index contributed by atoms with van der Waals surface area (Å²) in [6, 6.07) is 13.4. The van der Waals surface area contributed by atoms with Crippen molar-refractivity contribution in [3.8, 4) is 0 Å². The number of hydrogen-bond acceptors (Lipinski definition) is 4. The second-order valence-electron chi connectivity index (χ2n) is 10.5. The second-order valence-corrected chi connectivity index (χ2v) is 10.5. The maximum absolute atomic E-state index is 13.3. The first kappa shape index (κ1) is 24.7. The molecule has 2 aromatic heterocycles. The first-order chi connectivity index (χ1) is 17.8. The number of rotatable bonds is 6. The number of nitrogens with zero attached hydrogens (tertiary/aromatic N) is 4. The number of aromatic amines is 1. The van der Waals surface area contributed by atoms with Gasteiger partial charge in [0.1, 0.15) is 5.82 Å². The van der Waals surface area contributed by atoms with E-state index in [0.717, 1.165) is 40.1 Å². The van der Waals surface area contributed by atoms with Gasteiger partial charge in [-0.3, -0.25) is 9.59 Å². The van der Waals surface area contributed by atoms with Crippen LogP contribution in [0, 0.1) is 19.8 Å². The Morgan fingerprint density at radius 1 is 0.973 bits per heavy atom. The monoisotopic (exact) mass is 498 g/mol. The van der Waals surface area contributed by atoms with Crippen molar-refractivity contribution in [2.45, 2.75) is 53.1 Å². The van der Waals surface area contributed by atoms with Gasteiger partial charge in [-0.1, -0.05) is 37.1 Å². The number of H-pyrrole nitrogens is 1. The average Bonchev–Trinajstić information content (AvgIpc) is 3.43. The van der Waals surface area contributed by atoms with Crippen LogP contribution < -0.4 is 5.32 Å². The lowest BCUT2D eigenvalue weighted by atomic mass is 10.0. The lowest BCUT2D eigenvalue weighted by Gasteiger charge is -2.22. The fraction of sp³-hybridized carbons (Fsp3) is 0.379. The summed E-state index contributed by atoms with van der Waals surface area (Å²) in [6.07, 6.45) is 3.24. The summed E-state index contributed by atoms with van der Waals surface area (Å²) in [6.45, 7) is 9.98. The molecule has 1 aliphatic rings. The molecule has 5 rings (SSSR count). The minimum atomic E-state index is -0.271. The average molecular weight is 499 g/mol. The van der Waals surface area contributed by atoms with Gasteiger partial charge in [0, 0.05) is 48.9 Å². The van der Waals surface area contributed by atoms with Crippen molar-refractivity contribution in [1.29, 1.82) is 0 Å². The second kappa shape index (κ2) is 10.2. The number of aromatic nitrogens is 4. The van der Waals surface area contributed by atoms with E-state index >= 15 is 0 Å². The van der Waals surface area contributed by atoms with Gasteiger partial charge in [0.15, 0.2) is 5.82 Å². The highest BCUT2D eigenvalue weighted by Crippen LogP contribution is 2.24. The fourth-order valence-electron chi connectivity index (χ4n) is 5.22. The molecule has 3 heterocycles.